The number of carbonyl (C=O) groups is 1. The van der Waals surface area contributed by atoms with Crippen molar-refractivity contribution in [3.63, 3.8) is 0 Å². The lowest BCUT2D eigenvalue weighted by Crippen LogP contribution is -2.48. The Balaban J connectivity index is 1.72. The molecule has 1 fully saturated rings. The zero-order chi connectivity index (χ0) is 24.5. The lowest BCUT2D eigenvalue weighted by Gasteiger charge is -2.47. The number of aryl methyl sites for hydroxylation is 1. The highest BCUT2D eigenvalue weighted by molar-refractivity contribution is 8.18. The summed E-state index contributed by atoms with van der Waals surface area (Å²) in [6, 6.07) is 14.4. The summed E-state index contributed by atoms with van der Waals surface area (Å²) in [5.41, 5.74) is 5.94. The minimum atomic E-state index is -0.0155. The van der Waals surface area contributed by atoms with Crippen molar-refractivity contribution in [1.29, 1.82) is 0 Å². The van der Waals surface area contributed by atoms with E-state index >= 15 is 0 Å². The van der Waals surface area contributed by atoms with E-state index in [-0.39, 0.29) is 11.4 Å². The molecule has 0 bridgehead atoms. The zero-order valence-electron chi connectivity index (χ0n) is 21.1. The molecule has 1 saturated heterocycles. The third-order valence-electron chi connectivity index (χ3n) is 6.76. The molecule has 0 spiro atoms. The molecule has 2 heterocycles. The number of amides is 1. The molecule has 5 nitrogen and oxygen atoms in total. The number of carbonyl (C=O) groups excluding carboxylic acids is 1. The first-order valence-electron chi connectivity index (χ1n) is 12.0. The van der Waals surface area contributed by atoms with Gasteiger partial charge in [-0.3, -0.25) is 9.69 Å². The van der Waals surface area contributed by atoms with Crippen LogP contribution in [0.4, 0.5) is 11.4 Å². The van der Waals surface area contributed by atoms with Crippen LogP contribution in [0.3, 0.4) is 0 Å². The molecule has 2 aromatic carbocycles. The summed E-state index contributed by atoms with van der Waals surface area (Å²) in [5, 5.41) is 0.697. The van der Waals surface area contributed by atoms with Crippen LogP contribution in [-0.2, 0) is 9.53 Å². The Hall–Kier alpha value is -2.57. The number of para-hydroxylation sites is 1. The van der Waals surface area contributed by atoms with Gasteiger partial charge in [-0.2, -0.15) is 0 Å². The van der Waals surface area contributed by atoms with E-state index in [2.05, 4.69) is 51.7 Å². The fourth-order valence-electron chi connectivity index (χ4n) is 5.13. The third kappa shape index (κ3) is 4.80. The summed E-state index contributed by atoms with van der Waals surface area (Å²) >= 11 is 1.44. The van der Waals surface area contributed by atoms with Gasteiger partial charge in [-0.15, -0.1) is 0 Å². The van der Waals surface area contributed by atoms with Crippen LogP contribution in [0.5, 0.6) is 0 Å². The normalized spacial score (nSPS) is 22.1. The second kappa shape index (κ2) is 9.96. The molecule has 6 heteroatoms. The van der Waals surface area contributed by atoms with Crippen LogP contribution >= 0.6 is 11.8 Å². The van der Waals surface area contributed by atoms with Crippen molar-refractivity contribution in [2.75, 3.05) is 31.7 Å². The van der Waals surface area contributed by atoms with Crippen molar-refractivity contribution < 1.29 is 9.53 Å². The van der Waals surface area contributed by atoms with Crippen molar-refractivity contribution in [3.05, 3.63) is 64.1 Å². The molecule has 0 N–H and O–H groups in total. The molecule has 1 amide bonds. The van der Waals surface area contributed by atoms with E-state index in [1.807, 2.05) is 36.4 Å². The number of ether oxygens (including phenoxy) is 1. The quantitative estimate of drug-likeness (QED) is 0.454. The van der Waals surface area contributed by atoms with Crippen molar-refractivity contribution in [2.24, 2.45) is 4.99 Å². The number of methoxy groups -OCH3 is 1. The average molecular weight is 478 g/mol. The van der Waals surface area contributed by atoms with Gasteiger partial charge in [0.05, 0.1) is 23.7 Å². The van der Waals surface area contributed by atoms with E-state index in [1.165, 1.54) is 28.6 Å². The van der Waals surface area contributed by atoms with E-state index in [9.17, 15) is 4.79 Å². The van der Waals surface area contributed by atoms with Crippen LogP contribution in [0.25, 0.3) is 6.08 Å². The topological polar surface area (TPSA) is 45.1 Å². The molecule has 180 valence electrons. The molecule has 2 aromatic rings. The van der Waals surface area contributed by atoms with Gasteiger partial charge >= 0.3 is 0 Å². The average Bonchev–Trinajstić information content (AvgIpc) is 3.07. The smallest absolute Gasteiger partial charge is 0.266 e. The van der Waals surface area contributed by atoms with Gasteiger partial charge in [0.1, 0.15) is 0 Å². The van der Waals surface area contributed by atoms with Crippen LogP contribution in [0, 0.1) is 6.92 Å². The van der Waals surface area contributed by atoms with Crippen LogP contribution in [0.15, 0.2) is 52.4 Å². The van der Waals surface area contributed by atoms with Crippen LogP contribution in [0.2, 0.25) is 0 Å². The lowest BCUT2D eigenvalue weighted by atomic mass is 9.79. The van der Waals surface area contributed by atoms with Gasteiger partial charge in [0.25, 0.3) is 5.91 Å². The molecule has 0 saturated carbocycles. The Morgan fingerprint density at radius 3 is 2.65 bits per heavy atom. The number of amidine groups is 1. The van der Waals surface area contributed by atoms with Gasteiger partial charge in [-0.25, -0.2) is 4.99 Å². The van der Waals surface area contributed by atoms with E-state index in [1.54, 1.807) is 12.0 Å². The molecule has 0 aromatic heterocycles. The SMILES string of the molecule is CCN1c2cc(C)c(/C=C3\SC(=Nc4ccccc4)N(CCOC)C3=O)cc2[C@H](C)CC1(C)C. The first-order chi connectivity index (χ1) is 16.2. The first kappa shape index (κ1) is 24.6. The molecular formula is C28H35N3O2S. The zero-order valence-corrected chi connectivity index (χ0v) is 21.9. The van der Waals surface area contributed by atoms with E-state index in [4.69, 9.17) is 9.73 Å². The second-order valence-electron chi connectivity index (χ2n) is 9.72. The van der Waals surface area contributed by atoms with Gasteiger partial charge in [-0.1, -0.05) is 25.1 Å². The van der Waals surface area contributed by atoms with Gasteiger partial charge in [0, 0.05) is 24.9 Å². The molecule has 1 atom stereocenters. The molecule has 0 unspecified atom stereocenters. The highest BCUT2D eigenvalue weighted by Crippen LogP contribution is 2.45. The number of aliphatic imine (C=N–C) groups is 1. The van der Waals surface area contributed by atoms with E-state index < -0.39 is 0 Å². The number of benzene rings is 2. The van der Waals surface area contributed by atoms with E-state index in [0.717, 1.165) is 24.2 Å². The number of rotatable bonds is 6. The van der Waals surface area contributed by atoms with Crippen molar-refractivity contribution in [1.82, 2.24) is 4.90 Å². The predicted molar refractivity (Wildman–Crippen MR) is 144 cm³/mol. The highest BCUT2D eigenvalue weighted by atomic mass is 32.2. The standard InChI is InChI=1S/C28H35N3O2S/c1-7-31-24-15-19(2)21(16-23(24)20(3)18-28(31,4)5)17-25-26(32)30(13-14-33-6)27(34-25)29-22-11-9-8-10-12-22/h8-12,15-17,20H,7,13-14,18H2,1-6H3/b25-17-,29-27?/t20-/m1/s1. The summed E-state index contributed by atoms with van der Waals surface area (Å²) in [6.45, 7) is 13.3. The Morgan fingerprint density at radius 2 is 1.97 bits per heavy atom. The van der Waals surface area contributed by atoms with Gasteiger partial charge in [0.15, 0.2) is 5.17 Å². The lowest BCUT2D eigenvalue weighted by molar-refractivity contribution is -0.122. The Bertz CT molecular complexity index is 1120. The maximum Gasteiger partial charge on any atom is 0.266 e. The Labute approximate surface area is 207 Å². The number of thioether (sulfide) groups is 1. The van der Waals surface area contributed by atoms with Crippen molar-refractivity contribution in [2.45, 2.75) is 52.5 Å². The Kier molecular flexibility index (Phi) is 7.20. The van der Waals surface area contributed by atoms with Crippen molar-refractivity contribution >= 4 is 40.3 Å². The minimum Gasteiger partial charge on any atom is -0.383 e. The van der Waals surface area contributed by atoms with Gasteiger partial charge < -0.3 is 9.64 Å². The molecule has 4 rings (SSSR count). The summed E-state index contributed by atoms with van der Waals surface area (Å²) < 4.78 is 5.25. The van der Waals surface area contributed by atoms with Gasteiger partial charge in [-0.05, 0) is 98.8 Å². The minimum absolute atomic E-state index is 0.0155. The number of fused-ring (bicyclic) bond motifs is 1. The monoisotopic (exact) mass is 477 g/mol. The van der Waals surface area contributed by atoms with Crippen LogP contribution < -0.4 is 4.90 Å². The predicted octanol–water partition coefficient (Wildman–Crippen LogP) is 6.36. The Morgan fingerprint density at radius 1 is 1.24 bits per heavy atom. The van der Waals surface area contributed by atoms with E-state index in [0.29, 0.717) is 29.1 Å². The summed E-state index contributed by atoms with van der Waals surface area (Å²) in [4.78, 5) is 23.1. The number of hydrogen-bond donors (Lipinski definition) is 0. The number of nitrogens with zero attached hydrogens (tertiary/aromatic N) is 3. The molecule has 2 aliphatic heterocycles. The second-order valence-corrected chi connectivity index (χ2v) is 10.7. The molecular weight excluding hydrogens is 442 g/mol. The largest absolute Gasteiger partial charge is 0.383 e. The van der Waals surface area contributed by atoms with Crippen LogP contribution in [0.1, 0.15) is 56.7 Å². The molecule has 0 radical (unpaired) electrons. The summed E-state index contributed by atoms with van der Waals surface area (Å²) in [7, 11) is 1.65. The molecule has 2 aliphatic rings. The van der Waals surface area contributed by atoms with Gasteiger partial charge in [0.2, 0.25) is 0 Å². The third-order valence-corrected chi connectivity index (χ3v) is 7.77. The maximum absolute atomic E-state index is 13.4. The fourth-order valence-corrected chi connectivity index (χ4v) is 6.15. The highest BCUT2D eigenvalue weighted by Gasteiger charge is 2.36. The number of anilines is 1. The summed E-state index contributed by atoms with van der Waals surface area (Å²) in [6.07, 6.45) is 3.15. The van der Waals surface area contributed by atoms with Crippen molar-refractivity contribution in [3.8, 4) is 0 Å². The fraction of sp³-hybridized carbons (Fsp3) is 0.429. The summed E-state index contributed by atoms with van der Waals surface area (Å²) in [5.74, 6) is 0.448. The van der Waals surface area contributed by atoms with Crippen LogP contribution in [-0.4, -0.2) is 48.3 Å². The number of hydrogen-bond acceptors (Lipinski definition) is 5. The maximum atomic E-state index is 13.4. The molecule has 34 heavy (non-hydrogen) atoms. The first-order valence-corrected chi connectivity index (χ1v) is 12.8. The molecule has 0 aliphatic carbocycles.